The molecule has 1 unspecified atom stereocenters. The van der Waals surface area contributed by atoms with Gasteiger partial charge in [-0.15, -0.1) is 11.3 Å². The largest absolute Gasteiger partial charge is 0.322 e. The number of thiophene rings is 1. The lowest BCUT2D eigenvalue weighted by atomic mass is 10.00. The molecule has 1 aliphatic rings. The number of anilines is 1. The number of nitrogens with zero attached hydrogens (tertiary/aromatic N) is 1. The number of hydrogen-bond acceptors (Lipinski definition) is 5. The van der Waals surface area contributed by atoms with Crippen LogP contribution in [0.15, 0.2) is 70.9 Å². The Hall–Kier alpha value is -2.52. The molecule has 2 N–H and O–H groups in total. The molecule has 6 nitrogen and oxygen atoms in total. The van der Waals surface area contributed by atoms with E-state index in [2.05, 4.69) is 21.9 Å². The van der Waals surface area contributed by atoms with Crippen molar-refractivity contribution in [1.82, 2.24) is 9.62 Å². The maximum Gasteiger partial charge on any atom is 0.255 e. The first-order valence-electron chi connectivity index (χ1n) is 11.1. The fourth-order valence-corrected chi connectivity index (χ4v) is 5.84. The van der Waals surface area contributed by atoms with Crippen LogP contribution in [0.5, 0.6) is 0 Å². The van der Waals surface area contributed by atoms with Crippen molar-refractivity contribution in [3.05, 3.63) is 82.0 Å². The Labute approximate surface area is 199 Å². The molecule has 8 heteroatoms. The van der Waals surface area contributed by atoms with Crippen LogP contribution in [-0.4, -0.2) is 32.3 Å². The molecule has 3 aromatic rings. The number of sulfonamides is 1. The van der Waals surface area contributed by atoms with Gasteiger partial charge in [-0.25, -0.2) is 13.1 Å². The van der Waals surface area contributed by atoms with Crippen LogP contribution >= 0.6 is 11.3 Å². The summed E-state index contributed by atoms with van der Waals surface area (Å²) in [4.78, 5) is 16.2. The highest BCUT2D eigenvalue weighted by Gasteiger charge is 2.18. The Balaban J connectivity index is 1.37. The first-order valence-corrected chi connectivity index (χ1v) is 13.5. The summed E-state index contributed by atoms with van der Waals surface area (Å²) in [6.07, 6.45) is 2.54. The van der Waals surface area contributed by atoms with Gasteiger partial charge >= 0.3 is 0 Å². The van der Waals surface area contributed by atoms with Crippen molar-refractivity contribution in [3.8, 4) is 0 Å². The molecule has 0 spiro atoms. The molecule has 1 aliphatic heterocycles. The van der Waals surface area contributed by atoms with E-state index < -0.39 is 10.0 Å². The molecule has 1 fully saturated rings. The van der Waals surface area contributed by atoms with Crippen LogP contribution in [-0.2, 0) is 23.1 Å². The Bertz CT molecular complexity index is 1180. The van der Waals surface area contributed by atoms with E-state index in [1.807, 2.05) is 41.8 Å². The normalized spacial score (nSPS) is 17.1. The van der Waals surface area contributed by atoms with Crippen molar-refractivity contribution in [2.75, 3.05) is 18.4 Å². The highest BCUT2D eigenvalue weighted by atomic mass is 32.2. The van der Waals surface area contributed by atoms with Crippen molar-refractivity contribution in [1.29, 1.82) is 0 Å². The summed E-state index contributed by atoms with van der Waals surface area (Å²) in [5.74, 6) is 0.394. The summed E-state index contributed by atoms with van der Waals surface area (Å²) in [6, 6.07) is 17.7. The quantitative estimate of drug-likeness (QED) is 0.486. The maximum atomic E-state index is 12.7. The van der Waals surface area contributed by atoms with Crippen LogP contribution in [0.4, 0.5) is 5.69 Å². The van der Waals surface area contributed by atoms with Crippen molar-refractivity contribution in [3.63, 3.8) is 0 Å². The third-order valence-electron chi connectivity index (χ3n) is 5.78. The average Bonchev–Trinajstić information content (AvgIpc) is 3.33. The lowest BCUT2D eigenvalue weighted by Crippen LogP contribution is -2.33. The predicted octanol–water partition coefficient (Wildman–Crippen LogP) is 4.71. The van der Waals surface area contributed by atoms with E-state index in [0.717, 1.165) is 30.4 Å². The fourth-order valence-electron chi connectivity index (χ4n) is 4.05. The predicted molar refractivity (Wildman–Crippen MR) is 133 cm³/mol. The zero-order chi connectivity index (χ0) is 23.3. The van der Waals surface area contributed by atoms with E-state index >= 15 is 0 Å². The minimum absolute atomic E-state index is 0.0674. The molecule has 1 atom stereocenters. The number of rotatable bonds is 8. The molecular formula is C25H29N3O3S2. The molecule has 2 heterocycles. The number of amides is 1. The van der Waals surface area contributed by atoms with E-state index in [1.54, 1.807) is 12.1 Å². The minimum Gasteiger partial charge on any atom is -0.322 e. The van der Waals surface area contributed by atoms with E-state index in [9.17, 15) is 13.2 Å². The molecule has 2 aromatic carbocycles. The first kappa shape index (κ1) is 23.6. The zero-order valence-corrected chi connectivity index (χ0v) is 20.3. The highest BCUT2D eigenvalue weighted by molar-refractivity contribution is 7.89. The van der Waals surface area contributed by atoms with Gasteiger partial charge in [-0.3, -0.25) is 9.69 Å². The number of hydrogen-bond donors (Lipinski definition) is 2. The van der Waals surface area contributed by atoms with Crippen LogP contribution in [0.25, 0.3) is 0 Å². The second-order valence-electron chi connectivity index (χ2n) is 8.57. The van der Waals surface area contributed by atoms with Crippen molar-refractivity contribution < 1.29 is 13.2 Å². The lowest BCUT2D eigenvalue weighted by Gasteiger charge is -2.30. The SMILES string of the molecule is CC1CCCN(Cc2ccc(NC(=O)c3cccc(S(=O)(=O)NCc4cccs4)c3)cc2)C1. The topological polar surface area (TPSA) is 78.5 Å². The van der Waals surface area contributed by atoms with E-state index in [-0.39, 0.29) is 17.3 Å². The molecular weight excluding hydrogens is 454 g/mol. The van der Waals surface area contributed by atoms with Gasteiger partial charge < -0.3 is 5.32 Å². The van der Waals surface area contributed by atoms with Gasteiger partial charge in [0.25, 0.3) is 5.91 Å². The third-order valence-corrected chi connectivity index (χ3v) is 8.06. The second-order valence-corrected chi connectivity index (χ2v) is 11.4. The molecule has 1 saturated heterocycles. The van der Waals surface area contributed by atoms with Crippen molar-refractivity contribution in [2.45, 2.75) is 37.8 Å². The average molecular weight is 484 g/mol. The zero-order valence-electron chi connectivity index (χ0n) is 18.7. The van der Waals surface area contributed by atoms with Gasteiger partial charge in [0.1, 0.15) is 0 Å². The number of carbonyl (C=O) groups excluding carboxylic acids is 1. The van der Waals surface area contributed by atoms with E-state index in [4.69, 9.17) is 0 Å². The van der Waals surface area contributed by atoms with Crippen LogP contribution in [0.1, 0.15) is 40.6 Å². The highest BCUT2D eigenvalue weighted by Crippen LogP contribution is 2.20. The smallest absolute Gasteiger partial charge is 0.255 e. The Morgan fingerprint density at radius 2 is 1.94 bits per heavy atom. The Morgan fingerprint density at radius 1 is 1.12 bits per heavy atom. The van der Waals surface area contributed by atoms with Crippen LogP contribution in [0, 0.1) is 5.92 Å². The second kappa shape index (κ2) is 10.6. The van der Waals surface area contributed by atoms with E-state index in [1.165, 1.54) is 41.9 Å². The Kier molecular flexibility index (Phi) is 7.60. The molecule has 1 amide bonds. The van der Waals surface area contributed by atoms with Crippen molar-refractivity contribution in [2.24, 2.45) is 5.92 Å². The molecule has 33 heavy (non-hydrogen) atoms. The summed E-state index contributed by atoms with van der Waals surface area (Å²) in [6.45, 7) is 5.69. The molecule has 0 saturated carbocycles. The maximum absolute atomic E-state index is 12.7. The van der Waals surface area contributed by atoms with Crippen LogP contribution in [0.2, 0.25) is 0 Å². The first-order chi connectivity index (χ1) is 15.9. The van der Waals surface area contributed by atoms with Gasteiger partial charge in [0.05, 0.1) is 4.90 Å². The monoisotopic (exact) mass is 483 g/mol. The summed E-state index contributed by atoms with van der Waals surface area (Å²) < 4.78 is 27.9. The fraction of sp³-hybridized carbons (Fsp3) is 0.320. The van der Waals surface area contributed by atoms with Gasteiger partial charge in [-0.1, -0.05) is 31.2 Å². The van der Waals surface area contributed by atoms with Crippen LogP contribution in [0.3, 0.4) is 0 Å². The number of nitrogens with one attached hydrogen (secondary N) is 2. The van der Waals surface area contributed by atoms with Gasteiger partial charge in [-0.05, 0) is 72.6 Å². The van der Waals surface area contributed by atoms with Gasteiger partial charge in [0.2, 0.25) is 10.0 Å². The summed E-state index contributed by atoms with van der Waals surface area (Å²) in [5, 5.41) is 4.76. The van der Waals surface area contributed by atoms with Gasteiger partial charge in [0, 0.05) is 35.8 Å². The lowest BCUT2D eigenvalue weighted by molar-refractivity contribution is 0.102. The molecule has 0 aliphatic carbocycles. The van der Waals surface area contributed by atoms with Crippen LogP contribution < -0.4 is 10.0 Å². The molecule has 1 aromatic heterocycles. The van der Waals surface area contributed by atoms with Gasteiger partial charge in [0.15, 0.2) is 0 Å². The Morgan fingerprint density at radius 3 is 2.67 bits per heavy atom. The summed E-state index contributed by atoms with van der Waals surface area (Å²) in [7, 11) is -3.72. The number of benzene rings is 2. The standard InChI is InChI=1S/C25H29N3O3S2/c1-19-5-3-13-28(17-19)18-20-9-11-22(12-10-20)27-25(29)21-6-2-8-24(15-21)33(30,31)26-16-23-7-4-14-32-23/h2,4,6-12,14-15,19,26H,3,5,13,16-18H2,1H3,(H,27,29). The molecule has 174 valence electrons. The number of piperidine rings is 1. The van der Waals surface area contributed by atoms with E-state index in [0.29, 0.717) is 11.3 Å². The van der Waals surface area contributed by atoms with Gasteiger partial charge in [-0.2, -0.15) is 0 Å². The number of carbonyl (C=O) groups is 1. The molecule has 0 radical (unpaired) electrons. The third kappa shape index (κ3) is 6.51. The summed E-state index contributed by atoms with van der Waals surface area (Å²) in [5.41, 5.74) is 2.19. The molecule has 4 rings (SSSR count). The minimum atomic E-state index is -3.72. The van der Waals surface area contributed by atoms with Crippen molar-refractivity contribution >= 4 is 33.0 Å². The number of likely N-dealkylation sites (tertiary alicyclic amines) is 1. The molecule has 0 bridgehead atoms. The summed E-state index contributed by atoms with van der Waals surface area (Å²) >= 11 is 1.48.